The molecule has 17 heavy (non-hydrogen) atoms. The monoisotopic (exact) mass is 243 g/mol. The van der Waals surface area contributed by atoms with Gasteiger partial charge in [0, 0.05) is 20.2 Å². The van der Waals surface area contributed by atoms with Crippen LogP contribution >= 0.6 is 0 Å². The molecule has 1 amide bonds. The van der Waals surface area contributed by atoms with Crippen molar-refractivity contribution in [3.8, 4) is 0 Å². The van der Waals surface area contributed by atoms with Crippen LogP contribution in [0.4, 0.5) is 0 Å². The van der Waals surface area contributed by atoms with Crippen LogP contribution in [-0.4, -0.2) is 47.7 Å². The Balaban J connectivity index is 2.44. The summed E-state index contributed by atoms with van der Waals surface area (Å²) in [6, 6.07) is 0. The number of aliphatic carboxylic acids is 1. The zero-order valence-electron chi connectivity index (χ0n) is 10.7. The molecular formula is C12H21NO4. The number of amides is 1. The molecule has 1 heterocycles. The van der Waals surface area contributed by atoms with Crippen molar-refractivity contribution >= 4 is 11.9 Å². The lowest BCUT2D eigenvalue weighted by Crippen LogP contribution is -2.43. The van der Waals surface area contributed by atoms with E-state index in [9.17, 15) is 9.59 Å². The molecule has 1 fully saturated rings. The van der Waals surface area contributed by atoms with Gasteiger partial charge in [-0.1, -0.05) is 0 Å². The van der Waals surface area contributed by atoms with Crippen molar-refractivity contribution in [2.24, 2.45) is 5.92 Å². The van der Waals surface area contributed by atoms with E-state index in [1.54, 1.807) is 12.0 Å². The lowest BCUT2D eigenvalue weighted by atomic mass is 9.96. The molecule has 0 aromatic heterocycles. The summed E-state index contributed by atoms with van der Waals surface area (Å²) in [6.45, 7) is 4.81. The van der Waals surface area contributed by atoms with Crippen molar-refractivity contribution in [2.45, 2.75) is 38.7 Å². The van der Waals surface area contributed by atoms with Crippen molar-refractivity contribution in [2.75, 3.05) is 20.2 Å². The van der Waals surface area contributed by atoms with E-state index in [0.29, 0.717) is 32.4 Å². The van der Waals surface area contributed by atoms with Crippen LogP contribution in [0, 0.1) is 5.92 Å². The molecule has 0 saturated carbocycles. The van der Waals surface area contributed by atoms with E-state index in [1.807, 2.05) is 13.8 Å². The maximum atomic E-state index is 11.9. The number of methoxy groups -OCH3 is 1. The first-order valence-corrected chi connectivity index (χ1v) is 5.91. The standard InChI is InChI=1S/C12H21NO4/c1-12(2,17-3)8-10(14)13-6-4-9(5-7-13)11(15)16/h9H,4-8H2,1-3H3,(H,15,16). The highest BCUT2D eigenvalue weighted by atomic mass is 16.5. The summed E-state index contributed by atoms with van der Waals surface area (Å²) in [5.74, 6) is -1.01. The molecule has 5 heteroatoms. The lowest BCUT2D eigenvalue weighted by Gasteiger charge is -2.32. The van der Waals surface area contributed by atoms with Gasteiger partial charge in [0.15, 0.2) is 0 Å². The van der Waals surface area contributed by atoms with E-state index >= 15 is 0 Å². The van der Waals surface area contributed by atoms with Crippen molar-refractivity contribution in [3.05, 3.63) is 0 Å². The number of rotatable bonds is 4. The summed E-state index contributed by atoms with van der Waals surface area (Å²) in [7, 11) is 1.59. The molecule has 1 aliphatic rings. The van der Waals surface area contributed by atoms with E-state index in [2.05, 4.69) is 0 Å². The van der Waals surface area contributed by atoms with Gasteiger partial charge in [-0.05, 0) is 26.7 Å². The Kier molecular flexibility index (Phi) is 4.51. The van der Waals surface area contributed by atoms with Crippen LogP contribution in [-0.2, 0) is 14.3 Å². The Labute approximate surface area is 102 Å². The number of hydrogen-bond acceptors (Lipinski definition) is 3. The Morgan fingerprint density at radius 3 is 2.29 bits per heavy atom. The molecule has 1 N–H and O–H groups in total. The third-order valence-corrected chi connectivity index (χ3v) is 3.33. The van der Waals surface area contributed by atoms with E-state index in [-0.39, 0.29) is 11.8 Å². The van der Waals surface area contributed by atoms with Crippen molar-refractivity contribution < 1.29 is 19.4 Å². The van der Waals surface area contributed by atoms with Crippen molar-refractivity contribution in [1.82, 2.24) is 4.90 Å². The summed E-state index contributed by atoms with van der Waals surface area (Å²) in [5.41, 5.74) is -0.458. The minimum Gasteiger partial charge on any atom is -0.481 e. The normalized spacial score (nSPS) is 18.2. The van der Waals surface area contributed by atoms with Crippen LogP contribution in [0.5, 0.6) is 0 Å². The van der Waals surface area contributed by atoms with Gasteiger partial charge in [-0.15, -0.1) is 0 Å². The van der Waals surface area contributed by atoms with Crippen LogP contribution in [0.1, 0.15) is 33.1 Å². The number of hydrogen-bond donors (Lipinski definition) is 1. The van der Waals surface area contributed by atoms with Crippen molar-refractivity contribution in [3.63, 3.8) is 0 Å². The molecule has 0 bridgehead atoms. The highest BCUT2D eigenvalue weighted by Crippen LogP contribution is 2.20. The topological polar surface area (TPSA) is 66.8 Å². The Bertz CT molecular complexity index is 293. The van der Waals surface area contributed by atoms with E-state index in [1.165, 1.54) is 0 Å². The first kappa shape index (κ1) is 14.0. The zero-order chi connectivity index (χ0) is 13.1. The lowest BCUT2D eigenvalue weighted by molar-refractivity contribution is -0.147. The van der Waals surface area contributed by atoms with E-state index in [0.717, 1.165) is 0 Å². The maximum Gasteiger partial charge on any atom is 0.306 e. The number of piperidine rings is 1. The second-order valence-corrected chi connectivity index (χ2v) is 5.13. The average molecular weight is 243 g/mol. The second kappa shape index (κ2) is 5.49. The highest BCUT2D eigenvalue weighted by molar-refractivity contribution is 5.78. The third kappa shape index (κ3) is 4.00. The first-order chi connectivity index (χ1) is 7.85. The summed E-state index contributed by atoms with van der Waals surface area (Å²) < 4.78 is 5.22. The Hall–Kier alpha value is -1.10. The molecule has 0 spiro atoms. The van der Waals surface area contributed by atoms with Crippen LogP contribution in [0.3, 0.4) is 0 Å². The first-order valence-electron chi connectivity index (χ1n) is 5.91. The molecule has 0 radical (unpaired) electrons. The number of likely N-dealkylation sites (tertiary alicyclic amines) is 1. The molecule has 5 nitrogen and oxygen atoms in total. The number of nitrogens with zero attached hydrogens (tertiary/aromatic N) is 1. The van der Waals surface area contributed by atoms with Crippen LogP contribution in [0.2, 0.25) is 0 Å². The fourth-order valence-corrected chi connectivity index (χ4v) is 1.92. The fourth-order valence-electron chi connectivity index (χ4n) is 1.92. The van der Waals surface area contributed by atoms with Gasteiger partial charge in [0.2, 0.25) is 5.91 Å². The minimum atomic E-state index is -0.755. The van der Waals surface area contributed by atoms with Gasteiger partial charge >= 0.3 is 5.97 Å². The molecular weight excluding hydrogens is 222 g/mol. The molecule has 0 atom stereocenters. The Morgan fingerprint density at radius 1 is 1.35 bits per heavy atom. The van der Waals surface area contributed by atoms with Crippen LogP contribution in [0.15, 0.2) is 0 Å². The molecule has 1 rings (SSSR count). The molecule has 0 unspecified atom stereocenters. The fraction of sp³-hybridized carbons (Fsp3) is 0.833. The minimum absolute atomic E-state index is 0.0423. The smallest absolute Gasteiger partial charge is 0.306 e. The average Bonchev–Trinajstić information content (AvgIpc) is 2.28. The summed E-state index contributed by atoms with van der Waals surface area (Å²) in [4.78, 5) is 24.5. The molecule has 0 aromatic carbocycles. The van der Waals surface area contributed by atoms with Crippen LogP contribution in [0.25, 0.3) is 0 Å². The van der Waals surface area contributed by atoms with Gasteiger partial charge in [-0.3, -0.25) is 9.59 Å². The predicted octanol–water partition coefficient (Wildman–Crippen LogP) is 1.12. The van der Waals surface area contributed by atoms with Gasteiger partial charge in [0.1, 0.15) is 0 Å². The largest absolute Gasteiger partial charge is 0.481 e. The SMILES string of the molecule is COC(C)(C)CC(=O)N1CCC(C(=O)O)CC1. The number of carbonyl (C=O) groups excluding carboxylic acids is 1. The number of ether oxygens (including phenoxy) is 1. The zero-order valence-corrected chi connectivity index (χ0v) is 10.7. The molecule has 98 valence electrons. The van der Waals surface area contributed by atoms with Gasteiger partial charge in [-0.2, -0.15) is 0 Å². The van der Waals surface area contributed by atoms with E-state index < -0.39 is 11.6 Å². The predicted molar refractivity (Wildman–Crippen MR) is 62.6 cm³/mol. The summed E-state index contributed by atoms with van der Waals surface area (Å²) in [6.07, 6.45) is 1.43. The van der Waals surface area contributed by atoms with E-state index in [4.69, 9.17) is 9.84 Å². The van der Waals surface area contributed by atoms with Gasteiger partial charge in [0.25, 0.3) is 0 Å². The second-order valence-electron chi connectivity index (χ2n) is 5.13. The molecule has 0 aliphatic carbocycles. The molecule has 1 saturated heterocycles. The van der Waals surface area contributed by atoms with Gasteiger partial charge in [0.05, 0.1) is 17.9 Å². The number of carboxylic acid groups (broad SMARTS) is 1. The number of carbonyl (C=O) groups is 2. The highest BCUT2D eigenvalue weighted by Gasteiger charge is 2.30. The maximum absolute atomic E-state index is 11.9. The summed E-state index contributed by atoms with van der Waals surface area (Å²) >= 11 is 0. The Morgan fingerprint density at radius 2 is 1.88 bits per heavy atom. The third-order valence-electron chi connectivity index (χ3n) is 3.33. The van der Waals surface area contributed by atoms with Gasteiger partial charge in [-0.25, -0.2) is 0 Å². The molecule has 1 aliphatic heterocycles. The quantitative estimate of drug-likeness (QED) is 0.803. The number of carboxylic acids is 1. The van der Waals surface area contributed by atoms with Crippen LogP contribution < -0.4 is 0 Å². The van der Waals surface area contributed by atoms with Gasteiger partial charge < -0.3 is 14.7 Å². The van der Waals surface area contributed by atoms with Crippen molar-refractivity contribution in [1.29, 1.82) is 0 Å². The summed E-state index contributed by atoms with van der Waals surface area (Å²) in [5, 5.41) is 8.86. The molecule has 0 aromatic rings.